The molecule has 0 saturated heterocycles. The maximum absolute atomic E-state index is 13.5. The van der Waals surface area contributed by atoms with Crippen LogP contribution >= 0.6 is 23.1 Å². The normalized spacial score (nSPS) is 15.2. The monoisotopic (exact) mass is 554 g/mol. The lowest BCUT2D eigenvalue weighted by atomic mass is 10.00. The maximum Gasteiger partial charge on any atom is 0.262 e. The molecular weight excluding hydrogens is 528 g/mol. The number of H-pyrrole nitrogens is 1. The molecule has 1 N–H and O–H groups in total. The summed E-state index contributed by atoms with van der Waals surface area (Å²) < 4.78 is 1.66. The highest BCUT2D eigenvalue weighted by Gasteiger charge is 2.33. The average Bonchev–Trinajstić information content (AvgIpc) is 3.69. The molecule has 196 valence electrons. The van der Waals surface area contributed by atoms with Gasteiger partial charge < -0.3 is 4.98 Å². The van der Waals surface area contributed by atoms with Crippen LogP contribution in [0.1, 0.15) is 39.6 Å². The van der Waals surface area contributed by atoms with Crippen molar-refractivity contribution in [1.82, 2.24) is 24.8 Å². The molecule has 2 aromatic carbocycles. The second-order valence-electron chi connectivity index (χ2n) is 9.61. The Morgan fingerprint density at radius 1 is 1.10 bits per heavy atom. The molecule has 4 heterocycles. The zero-order chi connectivity index (χ0) is 27.1. The van der Waals surface area contributed by atoms with E-state index in [1.807, 2.05) is 56.5 Å². The van der Waals surface area contributed by atoms with Crippen molar-refractivity contribution in [3.63, 3.8) is 0 Å². The quantitative estimate of drug-likeness (QED) is 0.219. The van der Waals surface area contributed by atoms with Gasteiger partial charge >= 0.3 is 0 Å². The first-order chi connectivity index (χ1) is 18.9. The molecule has 0 radical (unpaired) electrons. The number of amides is 1. The van der Waals surface area contributed by atoms with Crippen molar-refractivity contribution in [3.05, 3.63) is 104 Å². The summed E-state index contributed by atoms with van der Waals surface area (Å²) in [4.78, 5) is 34.9. The van der Waals surface area contributed by atoms with Crippen LogP contribution in [0.5, 0.6) is 0 Å². The Morgan fingerprint density at radius 2 is 1.92 bits per heavy atom. The van der Waals surface area contributed by atoms with Crippen LogP contribution < -0.4 is 5.56 Å². The van der Waals surface area contributed by atoms with E-state index < -0.39 is 0 Å². The minimum atomic E-state index is -0.290. The molecule has 8 nitrogen and oxygen atoms in total. The molecule has 1 aliphatic rings. The van der Waals surface area contributed by atoms with Gasteiger partial charge in [0.2, 0.25) is 0 Å². The molecule has 6 rings (SSSR count). The lowest BCUT2D eigenvalue weighted by Gasteiger charge is -2.22. The number of nitrogens with one attached hydrogen (secondary N) is 1. The summed E-state index contributed by atoms with van der Waals surface area (Å²) in [5.74, 6) is -0.0713. The second-order valence-corrected chi connectivity index (χ2v) is 11.5. The van der Waals surface area contributed by atoms with Gasteiger partial charge in [0.05, 0.1) is 34.3 Å². The second kappa shape index (κ2) is 10.3. The molecule has 1 amide bonds. The minimum absolute atomic E-state index is 0.0792. The van der Waals surface area contributed by atoms with E-state index in [-0.39, 0.29) is 23.3 Å². The standard InChI is InChI=1S/C29H26N6O2S2/c1-17-6-9-20(10-7-17)24-14-23(25-5-4-12-38-25)33-35(24)26(36)16-39-29-31-27-22(28(37)32-29)15-30-34(27)21-11-8-18(2)19(3)13-21/h4-13,15,24H,14,16H2,1-3H3,(H,31,32,37)/t24-/m1/s1. The zero-order valence-corrected chi connectivity index (χ0v) is 23.3. The number of carbonyl (C=O) groups is 1. The number of aromatic amines is 1. The Labute approximate surface area is 233 Å². The van der Waals surface area contributed by atoms with Gasteiger partial charge in [0, 0.05) is 6.42 Å². The van der Waals surface area contributed by atoms with Crippen molar-refractivity contribution in [2.45, 2.75) is 38.4 Å². The Bertz CT molecular complexity index is 1770. The van der Waals surface area contributed by atoms with E-state index in [4.69, 9.17) is 5.10 Å². The number of rotatable bonds is 6. The number of hydrazone groups is 1. The largest absolute Gasteiger partial charge is 0.301 e. The number of carbonyl (C=O) groups excluding carboxylic acids is 1. The first-order valence-electron chi connectivity index (χ1n) is 12.6. The summed E-state index contributed by atoms with van der Waals surface area (Å²) in [6, 6.07) is 18.0. The van der Waals surface area contributed by atoms with Crippen LogP contribution in [-0.4, -0.2) is 42.1 Å². The Hall–Kier alpha value is -4.02. The summed E-state index contributed by atoms with van der Waals surface area (Å²) in [5, 5.41) is 13.5. The lowest BCUT2D eigenvalue weighted by molar-refractivity contribution is -0.130. The van der Waals surface area contributed by atoms with E-state index in [9.17, 15) is 9.59 Å². The van der Waals surface area contributed by atoms with Crippen LogP contribution in [0.25, 0.3) is 16.7 Å². The summed E-state index contributed by atoms with van der Waals surface area (Å²) in [7, 11) is 0. The van der Waals surface area contributed by atoms with Crippen LogP contribution in [0, 0.1) is 20.8 Å². The molecule has 3 aromatic heterocycles. The number of nitrogens with zero attached hydrogens (tertiary/aromatic N) is 5. The van der Waals surface area contributed by atoms with E-state index in [0.29, 0.717) is 22.6 Å². The summed E-state index contributed by atoms with van der Waals surface area (Å²) in [5.41, 5.74) is 6.39. The fourth-order valence-corrected chi connectivity index (χ4v) is 6.02. The van der Waals surface area contributed by atoms with Crippen molar-refractivity contribution in [1.29, 1.82) is 0 Å². The fraction of sp³-hybridized carbons (Fsp3) is 0.207. The molecular formula is C29H26N6O2S2. The minimum Gasteiger partial charge on any atom is -0.301 e. The highest BCUT2D eigenvalue weighted by Crippen LogP contribution is 2.34. The molecule has 0 unspecified atom stereocenters. The number of fused-ring (bicyclic) bond motifs is 1. The third kappa shape index (κ3) is 4.93. The van der Waals surface area contributed by atoms with Crippen molar-refractivity contribution in [3.8, 4) is 5.69 Å². The van der Waals surface area contributed by atoms with Gasteiger partial charge in [-0.1, -0.05) is 53.7 Å². The Morgan fingerprint density at radius 3 is 2.67 bits per heavy atom. The number of benzene rings is 2. The topological polar surface area (TPSA) is 96.2 Å². The predicted octanol–water partition coefficient (Wildman–Crippen LogP) is 5.57. The molecule has 39 heavy (non-hydrogen) atoms. The number of thiophene rings is 1. The zero-order valence-electron chi connectivity index (χ0n) is 21.7. The molecule has 5 aromatic rings. The number of aryl methyl sites for hydroxylation is 3. The van der Waals surface area contributed by atoms with Crippen molar-refractivity contribution in [2.75, 3.05) is 5.75 Å². The van der Waals surface area contributed by atoms with Crippen LogP contribution in [0.4, 0.5) is 0 Å². The summed E-state index contributed by atoms with van der Waals surface area (Å²) in [6.45, 7) is 6.13. The lowest BCUT2D eigenvalue weighted by Crippen LogP contribution is -2.28. The first kappa shape index (κ1) is 25.3. The molecule has 0 saturated carbocycles. The summed E-state index contributed by atoms with van der Waals surface area (Å²) in [6.07, 6.45) is 2.17. The van der Waals surface area contributed by atoms with Crippen molar-refractivity contribution in [2.24, 2.45) is 5.10 Å². The molecule has 0 bridgehead atoms. The number of aromatic nitrogens is 4. The fourth-order valence-electron chi connectivity index (χ4n) is 4.59. The van der Waals surface area contributed by atoms with Gasteiger partial charge in [-0.2, -0.15) is 10.2 Å². The molecule has 0 spiro atoms. The predicted molar refractivity (Wildman–Crippen MR) is 156 cm³/mol. The first-order valence-corrected chi connectivity index (χ1v) is 14.4. The van der Waals surface area contributed by atoms with E-state index in [1.54, 1.807) is 21.0 Å². The van der Waals surface area contributed by atoms with Gasteiger partial charge in [0.15, 0.2) is 10.8 Å². The third-order valence-electron chi connectivity index (χ3n) is 6.92. The SMILES string of the molecule is Cc1ccc([C@H]2CC(c3cccs3)=NN2C(=O)CSc2nc3c(cnn3-c3ccc(C)c(C)c3)c(=O)[nH]2)cc1. The van der Waals surface area contributed by atoms with E-state index in [0.717, 1.165) is 33.0 Å². The molecule has 0 fully saturated rings. The van der Waals surface area contributed by atoms with Gasteiger partial charge in [-0.05, 0) is 61.0 Å². The third-order valence-corrected chi connectivity index (χ3v) is 8.69. The van der Waals surface area contributed by atoms with Crippen LogP contribution in [0.3, 0.4) is 0 Å². The Kier molecular flexibility index (Phi) is 6.66. The number of thioether (sulfide) groups is 1. The van der Waals surface area contributed by atoms with Gasteiger partial charge in [0.1, 0.15) is 5.39 Å². The van der Waals surface area contributed by atoms with Crippen LogP contribution in [0.15, 0.2) is 81.2 Å². The highest BCUT2D eigenvalue weighted by atomic mass is 32.2. The van der Waals surface area contributed by atoms with Gasteiger partial charge in [-0.3, -0.25) is 9.59 Å². The van der Waals surface area contributed by atoms with Crippen LogP contribution in [0.2, 0.25) is 0 Å². The van der Waals surface area contributed by atoms with E-state index in [2.05, 4.69) is 39.3 Å². The van der Waals surface area contributed by atoms with E-state index >= 15 is 0 Å². The van der Waals surface area contributed by atoms with Gasteiger partial charge in [-0.25, -0.2) is 14.7 Å². The van der Waals surface area contributed by atoms with Crippen LogP contribution in [-0.2, 0) is 4.79 Å². The number of hydrogen-bond acceptors (Lipinski definition) is 7. The van der Waals surface area contributed by atoms with E-state index in [1.165, 1.54) is 23.5 Å². The van der Waals surface area contributed by atoms with Crippen molar-refractivity contribution < 1.29 is 4.79 Å². The van der Waals surface area contributed by atoms with Crippen molar-refractivity contribution >= 4 is 45.8 Å². The van der Waals surface area contributed by atoms with Gasteiger partial charge in [-0.15, -0.1) is 11.3 Å². The molecule has 10 heteroatoms. The molecule has 1 atom stereocenters. The van der Waals surface area contributed by atoms with Gasteiger partial charge in [0.25, 0.3) is 11.5 Å². The Balaban J connectivity index is 1.27. The number of hydrogen-bond donors (Lipinski definition) is 1. The summed E-state index contributed by atoms with van der Waals surface area (Å²) >= 11 is 2.81. The maximum atomic E-state index is 13.5. The highest BCUT2D eigenvalue weighted by molar-refractivity contribution is 7.99. The average molecular weight is 555 g/mol. The molecule has 1 aliphatic heterocycles. The smallest absolute Gasteiger partial charge is 0.262 e. The molecule has 0 aliphatic carbocycles.